The number of hydrogen-bond acceptors (Lipinski definition) is 5. The maximum atomic E-state index is 13.0. The Balaban J connectivity index is 1.45. The Morgan fingerprint density at radius 3 is 2.81 bits per heavy atom. The summed E-state index contributed by atoms with van der Waals surface area (Å²) < 4.78 is 23.8. The minimum Gasteiger partial charge on any atom is -0.481 e. The van der Waals surface area contributed by atoms with Gasteiger partial charge in [-0.1, -0.05) is 0 Å². The standard InChI is InChI=1S/C19H19FN2O5/c20-14-3-1-12(2-4-14)17-21-15(10-27-17)7-16(23)22-8-13-9-26-6-5-19(13,11-22)18(24)25/h1-4,10,13H,5-9,11H2,(H,24,25)/t13-,19+/m0/s1. The van der Waals surface area contributed by atoms with Gasteiger partial charge in [0.15, 0.2) is 0 Å². The zero-order chi connectivity index (χ0) is 19.0. The van der Waals surface area contributed by atoms with Crippen LogP contribution >= 0.6 is 0 Å². The first kappa shape index (κ1) is 17.7. The van der Waals surface area contributed by atoms with Crippen LogP contribution in [0.2, 0.25) is 0 Å². The van der Waals surface area contributed by atoms with Crippen LogP contribution in [0.1, 0.15) is 12.1 Å². The number of amides is 1. The highest BCUT2D eigenvalue weighted by Gasteiger charge is 2.54. The van der Waals surface area contributed by atoms with Crippen molar-refractivity contribution in [2.24, 2.45) is 11.3 Å². The van der Waals surface area contributed by atoms with Crippen molar-refractivity contribution in [3.05, 3.63) is 42.0 Å². The van der Waals surface area contributed by atoms with Crippen molar-refractivity contribution in [1.29, 1.82) is 0 Å². The van der Waals surface area contributed by atoms with Crippen LogP contribution in [0.5, 0.6) is 0 Å². The Labute approximate surface area is 154 Å². The Bertz CT molecular complexity index is 865. The second kappa shape index (κ2) is 6.77. The Hall–Kier alpha value is -2.74. The molecule has 1 aromatic carbocycles. The molecule has 0 bridgehead atoms. The summed E-state index contributed by atoms with van der Waals surface area (Å²) >= 11 is 0. The highest BCUT2D eigenvalue weighted by molar-refractivity contribution is 5.82. The maximum Gasteiger partial charge on any atom is 0.311 e. The smallest absolute Gasteiger partial charge is 0.311 e. The van der Waals surface area contributed by atoms with Gasteiger partial charge < -0.3 is 19.2 Å². The van der Waals surface area contributed by atoms with Gasteiger partial charge in [0.2, 0.25) is 11.8 Å². The normalized spacial score (nSPS) is 24.6. The predicted octanol–water partition coefficient (Wildman–Crippen LogP) is 1.97. The molecule has 4 rings (SSSR count). The number of likely N-dealkylation sites (tertiary alicyclic amines) is 1. The molecule has 2 aliphatic rings. The van der Waals surface area contributed by atoms with Gasteiger partial charge in [-0.25, -0.2) is 9.37 Å². The van der Waals surface area contributed by atoms with E-state index in [1.54, 1.807) is 17.0 Å². The van der Waals surface area contributed by atoms with Crippen LogP contribution in [0.15, 0.2) is 34.9 Å². The number of hydrogen-bond donors (Lipinski definition) is 1. The van der Waals surface area contributed by atoms with E-state index < -0.39 is 11.4 Å². The number of carbonyl (C=O) groups is 2. The highest BCUT2D eigenvalue weighted by atomic mass is 19.1. The third-order valence-electron chi connectivity index (χ3n) is 5.46. The number of carbonyl (C=O) groups excluding carboxylic acids is 1. The average molecular weight is 374 g/mol. The lowest BCUT2D eigenvalue weighted by atomic mass is 9.74. The fourth-order valence-electron chi connectivity index (χ4n) is 3.87. The van der Waals surface area contributed by atoms with Crippen LogP contribution in [0.3, 0.4) is 0 Å². The largest absolute Gasteiger partial charge is 0.481 e. The number of halogens is 1. The third-order valence-corrected chi connectivity index (χ3v) is 5.46. The number of carboxylic acids is 1. The van der Waals surface area contributed by atoms with Crippen molar-refractivity contribution in [3.63, 3.8) is 0 Å². The summed E-state index contributed by atoms with van der Waals surface area (Å²) in [7, 11) is 0. The molecule has 0 spiro atoms. The quantitative estimate of drug-likeness (QED) is 0.880. The predicted molar refractivity (Wildman–Crippen MR) is 91.2 cm³/mol. The summed E-state index contributed by atoms with van der Waals surface area (Å²) in [5.41, 5.74) is 0.149. The third kappa shape index (κ3) is 3.21. The lowest BCUT2D eigenvalue weighted by molar-refractivity contribution is -0.157. The lowest BCUT2D eigenvalue weighted by Gasteiger charge is -2.33. The van der Waals surface area contributed by atoms with Crippen LogP contribution < -0.4 is 0 Å². The zero-order valence-corrected chi connectivity index (χ0v) is 14.6. The molecule has 8 heteroatoms. The molecule has 0 aliphatic carbocycles. The first-order valence-corrected chi connectivity index (χ1v) is 8.77. The molecule has 2 aromatic rings. The molecule has 0 unspecified atom stereocenters. The number of oxazole rings is 1. The number of aromatic nitrogens is 1. The molecule has 3 heterocycles. The maximum absolute atomic E-state index is 13.0. The van der Waals surface area contributed by atoms with Crippen LogP contribution in [0, 0.1) is 17.2 Å². The van der Waals surface area contributed by atoms with E-state index >= 15 is 0 Å². The van der Waals surface area contributed by atoms with Gasteiger partial charge >= 0.3 is 5.97 Å². The lowest BCUT2D eigenvalue weighted by Crippen LogP contribution is -2.45. The number of aliphatic carboxylic acids is 1. The second-order valence-corrected chi connectivity index (χ2v) is 7.09. The van der Waals surface area contributed by atoms with Gasteiger partial charge in [0.1, 0.15) is 12.1 Å². The van der Waals surface area contributed by atoms with Crippen molar-refractivity contribution in [3.8, 4) is 11.5 Å². The van der Waals surface area contributed by atoms with Gasteiger partial charge in [0.25, 0.3) is 0 Å². The fourth-order valence-corrected chi connectivity index (χ4v) is 3.87. The molecule has 0 saturated carbocycles. The fraction of sp³-hybridized carbons (Fsp3) is 0.421. The molecule has 1 amide bonds. The minimum atomic E-state index is -0.920. The van der Waals surface area contributed by atoms with Crippen LogP contribution in [-0.4, -0.2) is 53.2 Å². The van der Waals surface area contributed by atoms with E-state index in [1.165, 1.54) is 18.4 Å². The topological polar surface area (TPSA) is 92.9 Å². The molecule has 7 nitrogen and oxygen atoms in total. The molecule has 1 N–H and O–H groups in total. The van der Waals surface area contributed by atoms with E-state index in [0.29, 0.717) is 43.3 Å². The van der Waals surface area contributed by atoms with Crippen molar-refractivity contribution in [2.75, 3.05) is 26.3 Å². The van der Waals surface area contributed by atoms with E-state index in [-0.39, 0.29) is 30.6 Å². The van der Waals surface area contributed by atoms with Gasteiger partial charge in [-0.15, -0.1) is 0 Å². The van der Waals surface area contributed by atoms with Gasteiger partial charge in [-0.2, -0.15) is 0 Å². The Morgan fingerprint density at radius 1 is 1.33 bits per heavy atom. The molecule has 0 radical (unpaired) electrons. The van der Waals surface area contributed by atoms with Crippen LogP contribution in [0.4, 0.5) is 4.39 Å². The summed E-state index contributed by atoms with van der Waals surface area (Å²) in [6, 6.07) is 5.72. The number of fused-ring (bicyclic) bond motifs is 1. The number of rotatable bonds is 4. The summed E-state index contributed by atoms with van der Waals surface area (Å²) in [5, 5.41) is 9.69. The number of benzene rings is 1. The molecular weight excluding hydrogens is 355 g/mol. The minimum absolute atomic E-state index is 0.0218. The Morgan fingerprint density at radius 2 is 2.11 bits per heavy atom. The first-order valence-electron chi connectivity index (χ1n) is 8.77. The van der Waals surface area contributed by atoms with Gasteiger partial charge in [0, 0.05) is 31.2 Å². The van der Waals surface area contributed by atoms with E-state index in [9.17, 15) is 19.1 Å². The number of nitrogens with zero attached hydrogens (tertiary/aromatic N) is 2. The van der Waals surface area contributed by atoms with Crippen LogP contribution in [-0.2, 0) is 20.7 Å². The average Bonchev–Trinajstić information content (AvgIpc) is 3.27. The zero-order valence-electron chi connectivity index (χ0n) is 14.6. The highest BCUT2D eigenvalue weighted by Crippen LogP contribution is 2.42. The molecule has 142 valence electrons. The molecule has 2 aliphatic heterocycles. The van der Waals surface area contributed by atoms with Crippen molar-refractivity contribution in [1.82, 2.24) is 9.88 Å². The summed E-state index contributed by atoms with van der Waals surface area (Å²) in [4.78, 5) is 30.4. The van der Waals surface area contributed by atoms with Crippen LogP contribution in [0.25, 0.3) is 11.5 Å². The van der Waals surface area contributed by atoms with E-state index in [2.05, 4.69) is 4.98 Å². The first-order chi connectivity index (χ1) is 13.0. The molecule has 27 heavy (non-hydrogen) atoms. The number of carboxylic acid groups (broad SMARTS) is 1. The van der Waals surface area contributed by atoms with E-state index in [4.69, 9.17) is 9.15 Å². The molecule has 1 aromatic heterocycles. The molecule has 2 saturated heterocycles. The van der Waals surface area contributed by atoms with Gasteiger partial charge in [-0.05, 0) is 30.7 Å². The SMILES string of the molecule is O=C(Cc1coc(-c2ccc(F)cc2)n1)N1C[C@H]2COCC[C@@]2(C(=O)O)C1. The molecule has 2 fully saturated rings. The summed E-state index contributed by atoms with van der Waals surface area (Å²) in [5.74, 6) is -1.30. The van der Waals surface area contributed by atoms with Crippen molar-refractivity contribution >= 4 is 11.9 Å². The second-order valence-electron chi connectivity index (χ2n) is 7.09. The molecular formula is C19H19FN2O5. The summed E-state index contributed by atoms with van der Waals surface area (Å²) in [6.45, 7) is 1.32. The van der Waals surface area contributed by atoms with Crippen molar-refractivity contribution in [2.45, 2.75) is 12.8 Å². The monoisotopic (exact) mass is 374 g/mol. The van der Waals surface area contributed by atoms with Gasteiger partial charge in [0.05, 0.1) is 24.1 Å². The van der Waals surface area contributed by atoms with Gasteiger partial charge in [-0.3, -0.25) is 9.59 Å². The summed E-state index contributed by atoms with van der Waals surface area (Å²) in [6.07, 6.45) is 1.83. The number of ether oxygens (including phenoxy) is 1. The Kier molecular flexibility index (Phi) is 4.43. The van der Waals surface area contributed by atoms with E-state index in [0.717, 1.165) is 0 Å². The molecule has 2 atom stereocenters. The van der Waals surface area contributed by atoms with E-state index in [1.807, 2.05) is 0 Å². The van der Waals surface area contributed by atoms with Crippen molar-refractivity contribution < 1.29 is 28.2 Å².